The van der Waals surface area contributed by atoms with E-state index < -0.39 is 0 Å². The van der Waals surface area contributed by atoms with Crippen molar-refractivity contribution in [3.8, 4) is 0 Å². The fraction of sp³-hybridized carbons (Fsp3) is 0.750. The molecule has 0 N–H and O–H groups in total. The van der Waals surface area contributed by atoms with Crippen LogP contribution in [0.2, 0.25) is 0 Å². The van der Waals surface area contributed by atoms with E-state index in [4.69, 9.17) is 12.1 Å². The number of rotatable bonds is 0. The van der Waals surface area contributed by atoms with Gasteiger partial charge in [-0.2, -0.15) is 4.79 Å². The molecule has 0 bridgehead atoms. The predicted octanol–water partition coefficient (Wildman–Crippen LogP) is 3.74. The van der Waals surface area contributed by atoms with Crippen molar-refractivity contribution in [2.45, 2.75) is 48.0 Å². The van der Waals surface area contributed by atoms with Crippen LogP contribution < -0.4 is 0 Å². The molecule has 0 unspecified atom stereocenters. The van der Waals surface area contributed by atoms with E-state index in [0.29, 0.717) is 11.1 Å². The van der Waals surface area contributed by atoms with Crippen LogP contribution in [0.5, 0.6) is 0 Å². The van der Waals surface area contributed by atoms with Gasteiger partial charge < -0.3 is 5.53 Å². The smallest absolute Gasteiger partial charge is 0.262 e. The summed E-state index contributed by atoms with van der Waals surface area (Å²) in [4.78, 5) is 2.81. The van der Waals surface area contributed by atoms with Gasteiger partial charge in [-0.15, -0.1) is 0 Å². The molecular weight excluding hydrogens is 172 g/mol. The summed E-state index contributed by atoms with van der Waals surface area (Å²) >= 11 is 0. The minimum Gasteiger partial charge on any atom is -0.362 e. The average molecular weight is 195 g/mol. The highest BCUT2D eigenvalue weighted by Gasteiger charge is 2.41. The van der Waals surface area contributed by atoms with Crippen LogP contribution in [0.1, 0.15) is 48.0 Å². The molecule has 0 saturated heterocycles. The summed E-state index contributed by atoms with van der Waals surface area (Å²) in [6, 6.07) is 0. The monoisotopic (exact) mass is 195 g/mol. The molecule has 0 amide bonds. The number of nitrogens with zero attached hydrogens (tertiary/aromatic N) is 2. The maximum atomic E-state index is 7.73. The molecule has 0 radical (unpaired) electrons. The van der Waals surface area contributed by atoms with E-state index in [0.717, 1.165) is 5.92 Å². The Balaban J connectivity index is 0. The Morgan fingerprint density at radius 2 is 1.64 bits per heavy atom. The highest BCUT2D eigenvalue weighted by atomic mass is 14.8. The highest BCUT2D eigenvalue weighted by molar-refractivity contribution is 5.72. The van der Waals surface area contributed by atoms with E-state index >= 15 is 0 Å². The van der Waals surface area contributed by atoms with Crippen LogP contribution in [-0.2, 0) is 0 Å². The Kier molecular flexibility index (Phi) is 8.23. The van der Waals surface area contributed by atoms with Crippen LogP contribution in [0.15, 0.2) is 6.08 Å². The van der Waals surface area contributed by atoms with Gasteiger partial charge in [-0.05, 0) is 17.8 Å². The molecule has 1 saturated carbocycles. The van der Waals surface area contributed by atoms with Gasteiger partial charge in [0.05, 0.1) is 0 Å². The summed E-state index contributed by atoms with van der Waals surface area (Å²) in [7, 11) is 0. The van der Waals surface area contributed by atoms with E-state index in [9.17, 15) is 0 Å². The van der Waals surface area contributed by atoms with E-state index in [1.807, 2.05) is 0 Å². The third-order valence-electron chi connectivity index (χ3n) is 2.21. The van der Waals surface area contributed by atoms with Crippen LogP contribution >= 0.6 is 0 Å². The maximum absolute atomic E-state index is 7.73. The Labute approximate surface area is 88.7 Å². The summed E-state index contributed by atoms with van der Waals surface area (Å²) in [5, 5.41) is 0. The van der Waals surface area contributed by atoms with E-state index in [1.54, 1.807) is 20.8 Å². The zero-order valence-electron chi connectivity index (χ0n) is 10.3. The molecule has 1 aliphatic rings. The van der Waals surface area contributed by atoms with Gasteiger partial charge in [-0.3, -0.25) is 0 Å². The highest BCUT2D eigenvalue weighted by Crippen LogP contribution is 2.50. The first-order chi connectivity index (χ1) is 6.31. The van der Waals surface area contributed by atoms with Crippen LogP contribution in [-0.4, -0.2) is 10.5 Å². The SMILES string of the molecule is CC(C)=[N+]=[N-].C[C@H]1CC1(C)C.[CH+]=CC. The third-order valence-corrected chi connectivity index (χ3v) is 2.21. The quantitative estimate of drug-likeness (QED) is 0.244. The maximum Gasteiger partial charge on any atom is 0.262 e. The van der Waals surface area contributed by atoms with Crippen molar-refractivity contribution in [3.63, 3.8) is 0 Å². The van der Waals surface area contributed by atoms with Gasteiger partial charge in [0.25, 0.3) is 5.71 Å². The average Bonchev–Trinajstić information content (AvgIpc) is 2.59. The Morgan fingerprint density at radius 3 is 1.64 bits per heavy atom. The summed E-state index contributed by atoms with van der Waals surface area (Å²) in [5.41, 5.74) is 9.12. The molecule has 1 fully saturated rings. The van der Waals surface area contributed by atoms with Crippen LogP contribution in [0, 0.1) is 17.9 Å². The lowest BCUT2D eigenvalue weighted by molar-refractivity contribution is -0.00646. The third kappa shape index (κ3) is 11.0. The van der Waals surface area contributed by atoms with Crippen molar-refractivity contribution < 1.29 is 4.79 Å². The molecule has 2 heteroatoms. The van der Waals surface area contributed by atoms with Crippen molar-refractivity contribution in [1.82, 2.24) is 0 Å². The lowest BCUT2D eigenvalue weighted by Crippen LogP contribution is -1.82. The molecule has 0 aromatic rings. The first-order valence-electron chi connectivity index (χ1n) is 4.96. The predicted molar refractivity (Wildman–Crippen MR) is 62.1 cm³/mol. The molecule has 0 aromatic heterocycles. The normalized spacial score (nSPS) is 19.9. The Bertz CT molecular complexity index is 206. The zero-order chi connectivity index (χ0) is 11.8. The minimum absolute atomic E-state index is 0.685. The van der Waals surface area contributed by atoms with Gasteiger partial charge in [0.1, 0.15) is 6.08 Å². The van der Waals surface area contributed by atoms with Crippen molar-refractivity contribution in [2.75, 3.05) is 0 Å². The summed E-state index contributed by atoms with van der Waals surface area (Å²) < 4.78 is 0. The lowest BCUT2D eigenvalue weighted by Gasteiger charge is -1.91. The van der Waals surface area contributed by atoms with E-state index in [1.165, 1.54) is 12.5 Å². The van der Waals surface area contributed by atoms with Gasteiger partial charge in [-0.1, -0.05) is 20.8 Å². The topological polar surface area (TPSA) is 36.4 Å². The molecule has 2 nitrogen and oxygen atoms in total. The molecular formula is C12H23N2+. The number of hydrogen-bond donors (Lipinski definition) is 0. The van der Waals surface area contributed by atoms with Crippen molar-refractivity contribution >= 4 is 5.71 Å². The van der Waals surface area contributed by atoms with Gasteiger partial charge in [0, 0.05) is 20.8 Å². The van der Waals surface area contributed by atoms with Crippen molar-refractivity contribution in [3.05, 3.63) is 18.2 Å². The molecule has 1 atom stereocenters. The van der Waals surface area contributed by atoms with Crippen LogP contribution in [0.25, 0.3) is 5.53 Å². The van der Waals surface area contributed by atoms with Gasteiger partial charge >= 0.3 is 0 Å². The second-order valence-corrected chi connectivity index (χ2v) is 4.47. The van der Waals surface area contributed by atoms with Gasteiger partial charge in [-0.25, -0.2) is 0 Å². The number of allylic oxidation sites excluding steroid dienone is 1. The minimum atomic E-state index is 0.685. The van der Waals surface area contributed by atoms with Crippen molar-refractivity contribution in [1.29, 1.82) is 0 Å². The zero-order valence-corrected chi connectivity index (χ0v) is 10.3. The largest absolute Gasteiger partial charge is 0.362 e. The molecule has 1 aliphatic carbocycles. The molecule has 0 aromatic carbocycles. The first kappa shape index (κ1) is 15.5. The Hall–Kier alpha value is -0.970. The lowest BCUT2D eigenvalue weighted by atomic mass is 10.1. The summed E-state index contributed by atoms with van der Waals surface area (Å²) in [5.74, 6) is 0.998. The molecule has 0 heterocycles. The van der Waals surface area contributed by atoms with Crippen LogP contribution in [0.3, 0.4) is 0 Å². The number of hydrogen-bond acceptors (Lipinski definition) is 0. The second kappa shape index (κ2) is 7.44. The van der Waals surface area contributed by atoms with Gasteiger partial charge in [0.2, 0.25) is 6.58 Å². The first-order valence-corrected chi connectivity index (χ1v) is 4.96. The summed E-state index contributed by atoms with van der Waals surface area (Å²) in [6.45, 7) is 16.9. The van der Waals surface area contributed by atoms with Crippen LogP contribution in [0.4, 0.5) is 0 Å². The molecule has 0 spiro atoms. The van der Waals surface area contributed by atoms with E-state index in [-0.39, 0.29) is 0 Å². The molecule has 0 aliphatic heterocycles. The second-order valence-electron chi connectivity index (χ2n) is 4.47. The molecule has 14 heavy (non-hydrogen) atoms. The molecule has 80 valence electrons. The fourth-order valence-corrected chi connectivity index (χ4v) is 0.730. The fourth-order valence-electron chi connectivity index (χ4n) is 0.730. The standard InChI is InChI=1S/C6H12.C3H6N2.C3H5/c1-5-4-6(5,2)3;1-3(2)5-4;1-3-2/h5H,4H2,1-3H3;1-2H3;1,3H,2H3/q;;+1/t5-;;/m0../s1. The van der Waals surface area contributed by atoms with Gasteiger partial charge in [0.15, 0.2) is 0 Å². The molecule has 1 rings (SSSR count). The van der Waals surface area contributed by atoms with E-state index in [2.05, 4.69) is 25.6 Å². The van der Waals surface area contributed by atoms with Crippen molar-refractivity contribution in [2.24, 2.45) is 11.3 Å². The summed E-state index contributed by atoms with van der Waals surface area (Å²) in [6.07, 6.45) is 2.94. The Morgan fingerprint density at radius 1 is 1.50 bits per heavy atom.